The second kappa shape index (κ2) is 10.6. The fraction of sp³-hybridized carbons (Fsp3) is 0.217. The molecule has 1 aromatic heterocycles. The van der Waals surface area contributed by atoms with Crippen LogP contribution in [0.4, 0.5) is 18.9 Å². The highest BCUT2D eigenvalue weighted by atomic mass is 79.9. The van der Waals surface area contributed by atoms with E-state index in [2.05, 4.69) is 25.6 Å². The maximum atomic E-state index is 12.7. The Balaban J connectivity index is 1.70. The molecule has 3 aromatic rings. The zero-order valence-corrected chi connectivity index (χ0v) is 20.6. The van der Waals surface area contributed by atoms with E-state index in [1.165, 1.54) is 6.07 Å². The first-order valence-corrected chi connectivity index (χ1v) is 12.5. The Bertz CT molecular complexity index is 1300. The number of anilines is 1. The van der Waals surface area contributed by atoms with Crippen molar-refractivity contribution in [2.24, 2.45) is 5.92 Å². The first-order valence-electron chi connectivity index (χ1n) is 10.2. The molecule has 1 unspecified atom stereocenters. The third-order valence-electron chi connectivity index (χ3n) is 5.02. The lowest BCUT2D eigenvalue weighted by atomic mass is 9.97. The Kier molecular flexibility index (Phi) is 8.06. The van der Waals surface area contributed by atoms with E-state index in [1.54, 1.807) is 24.3 Å². The molecular weight excluding hydrogens is 553 g/mol. The summed E-state index contributed by atoms with van der Waals surface area (Å²) >= 11 is 3.22. The molecule has 7 nitrogen and oxygen atoms in total. The third-order valence-corrected chi connectivity index (χ3v) is 6.94. The van der Waals surface area contributed by atoms with Crippen LogP contribution < -0.4 is 9.46 Å². The zero-order chi connectivity index (χ0) is 25.8. The Labute approximate surface area is 208 Å². The van der Waals surface area contributed by atoms with Crippen LogP contribution in [0.15, 0.2) is 70.2 Å². The summed E-state index contributed by atoms with van der Waals surface area (Å²) in [4.78, 5) is 15.0. The van der Waals surface area contributed by atoms with Crippen LogP contribution in [0, 0.1) is 5.92 Å². The summed E-state index contributed by atoms with van der Waals surface area (Å²) in [7, 11) is -4.13. The van der Waals surface area contributed by atoms with Gasteiger partial charge in [-0.1, -0.05) is 19.1 Å². The summed E-state index contributed by atoms with van der Waals surface area (Å²) in [6.45, 7) is 1.81. The highest BCUT2D eigenvalue weighted by molar-refractivity contribution is 9.10. The van der Waals surface area contributed by atoms with Crippen molar-refractivity contribution in [3.8, 4) is 11.6 Å². The summed E-state index contributed by atoms with van der Waals surface area (Å²) in [6.07, 6.45) is -2.59. The minimum absolute atomic E-state index is 0.0391. The van der Waals surface area contributed by atoms with Crippen LogP contribution in [-0.2, 0) is 27.4 Å². The summed E-state index contributed by atoms with van der Waals surface area (Å²) in [5.41, 5.74) is -0.108. The lowest BCUT2D eigenvalue weighted by Crippen LogP contribution is -2.15. The van der Waals surface area contributed by atoms with Crippen LogP contribution in [-0.4, -0.2) is 24.5 Å². The van der Waals surface area contributed by atoms with Crippen LogP contribution >= 0.6 is 15.9 Å². The Morgan fingerprint density at radius 3 is 2.29 bits per heavy atom. The van der Waals surface area contributed by atoms with Gasteiger partial charge in [0.25, 0.3) is 10.0 Å². The fourth-order valence-corrected chi connectivity index (χ4v) is 4.68. The molecule has 12 heteroatoms. The van der Waals surface area contributed by atoms with E-state index < -0.39 is 33.7 Å². The molecule has 1 heterocycles. The Morgan fingerprint density at radius 2 is 1.77 bits per heavy atom. The van der Waals surface area contributed by atoms with Crippen LogP contribution in [0.1, 0.15) is 24.5 Å². The molecule has 0 spiro atoms. The van der Waals surface area contributed by atoms with Crippen molar-refractivity contribution in [3.05, 3.63) is 76.4 Å². The highest BCUT2D eigenvalue weighted by Gasteiger charge is 2.30. The van der Waals surface area contributed by atoms with Gasteiger partial charge in [-0.05, 0) is 76.8 Å². The molecule has 0 aliphatic heterocycles. The van der Waals surface area contributed by atoms with Gasteiger partial charge >= 0.3 is 12.1 Å². The summed E-state index contributed by atoms with van der Waals surface area (Å²) in [5, 5.41) is 9.19. The van der Waals surface area contributed by atoms with Crippen molar-refractivity contribution < 1.29 is 36.2 Å². The third kappa shape index (κ3) is 6.95. The van der Waals surface area contributed by atoms with Gasteiger partial charge in [0, 0.05) is 5.69 Å². The van der Waals surface area contributed by atoms with E-state index >= 15 is 0 Å². The predicted molar refractivity (Wildman–Crippen MR) is 126 cm³/mol. The minimum Gasteiger partial charge on any atom is -0.481 e. The molecule has 1 atom stereocenters. The summed E-state index contributed by atoms with van der Waals surface area (Å²) in [6, 6.07) is 11.6. The normalized spacial score (nSPS) is 12.7. The number of nitrogens with one attached hydrogen (secondary N) is 1. The van der Waals surface area contributed by atoms with Crippen molar-refractivity contribution >= 4 is 37.6 Å². The monoisotopic (exact) mass is 572 g/mol. The number of nitrogens with zero attached hydrogens (tertiary/aromatic N) is 1. The number of halogens is 4. The molecule has 0 fully saturated rings. The SMILES string of the molecule is CCC(Cc1ccc(Oc2ncc(S(=O)(=O)Nc3ccc(C(F)(F)F)cc3)cc2Br)cc1)C(=O)O. The zero-order valence-electron chi connectivity index (χ0n) is 18.2. The van der Waals surface area contributed by atoms with Gasteiger partial charge < -0.3 is 9.84 Å². The van der Waals surface area contributed by atoms with Gasteiger partial charge in [0.15, 0.2) is 0 Å². The van der Waals surface area contributed by atoms with Crippen molar-refractivity contribution in [1.29, 1.82) is 0 Å². The van der Waals surface area contributed by atoms with Crippen molar-refractivity contribution in [2.75, 3.05) is 4.72 Å². The fourth-order valence-electron chi connectivity index (χ4n) is 3.07. The molecule has 35 heavy (non-hydrogen) atoms. The van der Waals surface area contributed by atoms with Gasteiger partial charge in [0.2, 0.25) is 5.88 Å². The Morgan fingerprint density at radius 1 is 1.14 bits per heavy atom. The summed E-state index contributed by atoms with van der Waals surface area (Å²) in [5.74, 6) is -0.848. The number of pyridine rings is 1. The van der Waals surface area contributed by atoms with Crippen molar-refractivity contribution in [1.82, 2.24) is 4.98 Å². The number of hydrogen-bond donors (Lipinski definition) is 2. The second-order valence-corrected chi connectivity index (χ2v) is 10.1. The molecule has 0 amide bonds. The number of carboxylic acids is 1. The molecule has 0 bridgehead atoms. The average Bonchev–Trinajstić information content (AvgIpc) is 2.79. The molecule has 2 N–H and O–H groups in total. The first kappa shape index (κ1) is 26.5. The molecular formula is C23H20BrF3N2O5S. The van der Waals surface area contributed by atoms with Crippen molar-refractivity contribution in [2.45, 2.75) is 30.8 Å². The quantitative estimate of drug-likeness (QED) is 0.320. The van der Waals surface area contributed by atoms with E-state index in [0.29, 0.717) is 18.6 Å². The van der Waals surface area contributed by atoms with Crippen molar-refractivity contribution in [3.63, 3.8) is 0 Å². The number of alkyl halides is 3. The number of benzene rings is 2. The predicted octanol–water partition coefficient (Wildman–Crippen LogP) is 6.11. The minimum atomic E-state index is -4.53. The van der Waals surface area contributed by atoms with Crippen LogP contribution in [0.25, 0.3) is 0 Å². The maximum absolute atomic E-state index is 12.7. The molecule has 186 valence electrons. The van der Waals surface area contributed by atoms with Gasteiger partial charge in [-0.3, -0.25) is 9.52 Å². The molecule has 0 aliphatic carbocycles. The summed E-state index contributed by atoms with van der Waals surface area (Å²) < 4.78 is 71.4. The second-order valence-electron chi connectivity index (χ2n) is 7.53. The molecule has 0 radical (unpaired) electrons. The number of hydrogen-bond acceptors (Lipinski definition) is 5. The van der Waals surface area contributed by atoms with Gasteiger partial charge in [-0.2, -0.15) is 13.2 Å². The standard InChI is InChI=1S/C23H20BrF3N2O5S/c1-2-15(22(30)31)11-14-3-9-18(10-4-14)34-21-20(24)12-19(13-28-21)35(32,33)29-17-7-5-16(6-8-17)23(25,26)27/h3-10,12-13,15,29H,2,11H2,1H3,(H,30,31). The van der Waals surface area contributed by atoms with E-state index in [9.17, 15) is 31.5 Å². The van der Waals surface area contributed by atoms with Gasteiger partial charge in [-0.25, -0.2) is 13.4 Å². The van der Waals surface area contributed by atoms with Crippen LogP contribution in [0.2, 0.25) is 0 Å². The maximum Gasteiger partial charge on any atom is 0.416 e. The number of rotatable bonds is 9. The number of aromatic nitrogens is 1. The topological polar surface area (TPSA) is 106 Å². The number of aliphatic carboxylic acids is 1. The van der Waals surface area contributed by atoms with E-state index in [4.69, 9.17) is 4.74 Å². The molecule has 0 saturated carbocycles. The Hall–Kier alpha value is -3.12. The number of ether oxygens (including phenoxy) is 1. The number of carboxylic acid groups (broad SMARTS) is 1. The van der Waals surface area contributed by atoms with Crippen LogP contribution in [0.5, 0.6) is 11.6 Å². The molecule has 0 saturated heterocycles. The number of sulfonamides is 1. The lowest BCUT2D eigenvalue weighted by molar-refractivity contribution is -0.141. The molecule has 2 aromatic carbocycles. The van der Waals surface area contributed by atoms with E-state index in [1.807, 2.05) is 6.92 Å². The van der Waals surface area contributed by atoms with E-state index in [-0.39, 0.29) is 20.9 Å². The number of carbonyl (C=O) groups is 1. The van der Waals surface area contributed by atoms with Gasteiger partial charge in [-0.15, -0.1) is 0 Å². The molecule has 0 aliphatic rings. The largest absolute Gasteiger partial charge is 0.481 e. The average molecular weight is 573 g/mol. The van der Waals surface area contributed by atoms with E-state index in [0.717, 1.165) is 36.0 Å². The first-order chi connectivity index (χ1) is 16.4. The smallest absolute Gasteiger partial charge is 0.416 e. The lowest BCUT2D eigenvalue weighted by Gasteiger charge is -2.12. The van der Waals surface area contributed by atoms with Gasteiger partial charge in [0.05, 0.1) is 22.2 Å². The highest BCUT2D eigenvalue weighted by Crippen LogP contribution is 2.32. The molecule has 3 rings (SSSR count). The van der Waals surface area contributed by atoms with Crippen LogP contribution in [0.3, 0.4) is 0 Å². The van der Waals surface area contributed by atoms with Gasteiger partial charge in [0.1, 0.15) is 10.6 Å².